The normalized spacial score (nSPS) is 22.6. The Morgan fingerprint density at radius 2 is 1.94 bits per heavy atom. The van der Waals surface area contributed by atoms with Crippen LogP contribution in [0.5, 0.6) is 0 Å². The van der Waals surface area contributed by atoms with Gasteiger partial charge in [0, 0.05) is 65.5 Å². The lowest BCUT2D eigenvalue weighted by Gasteiger charge is -2.41. The van der Waals surface area contributed by atoms with Gasteiger partial charge < -0.3 is 15.4 Å². The summed E-state index contributed by atoms with van der Waals surface area (Å²) in [5.41, 5.74) is 8.31. The number of nitrogens with zero attached hydrogens (tertiary/aromatic N) is 5. The summed E-state index contributed by atoms with van der Waals surface area (Å²) in [7, 11) is 1.90. The van der Waals surface area contributed by atoms with Gasteiger partial charge in [0.05, 0.1) is 23.4 Å². The second-order valence-corrected chi connectivity index (χ2v) is 10.2. The van der Waals surface area contributed by atoms with Crippen LogP contribution in [0.4, 0.5) is 5.95 Å². The van der Waals surface area contributed by atoms with E-state index in [9.17, 15) is 0 Å². The molecule has 2 aromatic heterocycles. The van der Waals surface area contributed by atoms with Crippen molar-refractivity contribution in [2.45, 2.75) is 41.7 Å². The van der Waals surface area contributed by atoms with E-state index in [0.29, 0.717) is 5.02 Å². The third-order valence-corrected chi connectivity index (χ3v) is 8.21. The average Bonchev–Trinajstić information content (AvgIpc) is 3.35. The molecule has 1 spiro atoms. The minimum atomic E-state index is 0.0983. The molecular weight excluding hydrogens is 444 g/mol. The van der Waals surface area contributed by atoms with E-state index >= 15 is 0 Å². The number of benzene rings is 1. The number of hydrogen-bond donors (Lipinski definition) is 1. The quantitative estimate of drug-likeness (QED) is 0.616. The van der Waals surface area contributed by atoms with Gasteiger partial charge in [0.15, 0.2) is 0 Å². The molecule has 2 saturated heterocycles. The number of halogens is 1. The lowest BCUT2D eigenvalue weighted by atomic mass is 9.73. The zero-order valence-corrected chi connectivity index (χ0v) is 19.8. The largest absolute Gasteiger partial charge is 0.376 e. The van der Waals surface area contributed by atoms with Crippen LogP contribution in [0.15, 0.2) is 52.6 Å². The Morgan fingerprint density at radius 1 is 1.19 bits per heavy atom. The molecule has 2 fully saturated rings. The van der Waals surface area contributed by atoms with Crippen molar-refractivity contribution >= 4 is 29.3 Å². The molecule has 0 bridgehead atoms. The molecule has 0 aliphatic carbocycles. The van der Waals surface area contributed by atoms with Crippen LogP contribution < -0.4 is 10.6 Å². The van der Waals surface area contributed by atoms with Gasteiger partial charge in [0.1, 0.15) is 0 Å². The molecule has 2 atom stereocenters. The van der Waals surface area contributed by atoms with Crippen LogP contribution in [0.3, 0.4) is 0 Å². The van der Waals surface area contributed by atoms with Crippen LogP contribution in [-0.4, -0.2) is 51.6 Å². The smallest absolute Gasteiger partial charge is 0.225 e. The third kappa shape index (κ3) is 4.01. The zero-order valence-electron chi connectivity index (χ0n) is 18.2. The first-order valence-electron chi connectivity index (χ1n) is 10.9. The van der Waals surface area contributed by atoms with Crippen molar-refractivity contribution in [1.29, 1.82) is 0 Å². The second-order valence-electron chi connectivity index (χ2n) is 8.70. The van der Waals surface area contributed by atoms with Crippen LogP contribution in [0, 0.1) is 5.41 Å². The van der Waals surface area contributed by atoms with Gasteiger partial charge in [-0.15, -0.1) is 0 Å². The number of anilines is 1. The number of piperidine rings is 1. The summed E-state index contributed by atoms with van der Waals surface area (Å²) in [6.45, 7) is 4.63. The summed E-state index contributed by atoms with van der Waals surface area (Å²) in [5.74, 6) is 0.762. The minimum absolute atomic E-state index is 0.0983. The van der Waals surface area contributed by atoms with Gasteiger partial charge in [-0.2, -0.15) is 5.10 Å². The first-order chi connectivity index (χ1) is 15.4. The molecule has 7 nitrogen and oxygen atoms in total. The van der Waals surface area contributed by atoms with Crippen LogP contribution in [0.2, 0.25) is 5.02 Å². The standard InChI is InChI=1S/C23H27ClN6OS/c1-15-21(25)23(14-31-15)7-10-30(11-8-23)22-26-12-16(13-27-22)32-19-5-3-4-17(20(19)24)18-6-9-29(2)28-18/h3-6,9,12-13,15,21H,7-8,10-11,14,25H2,1-2H3/t15-,21+/m0/s1. The van der Waals surface area contributed by atoms with Gasteiger partial charge >= 0.3 is 0 Å². The molecule has 2 aliphatic heterocycles. The van der Waals surface area contributed by atoms with Crippen LogP contribution >= 0.6 is 23.4 Å². The Labute approximate surface area is 197 Å². The molecule has 2 N–H and O–H groups in total. The zero-order chi connectivity index (χ0) is 22.3. The minimum Gasteiger partial charge on any atom is -0.376 e. The van der Waals surface area contributed by atoms with E-state index in [-0.39, 0.29) is 17.6 Å². The van der Waals surface area contributed by atoms with E-state index in [1.807, 2.05) is 49.9 Å². The van der Waals surface area contributed by atoms with Gasteiger partial charge in [0.2, 0.25) is 5.95 Å². The van der Waals surface area contributed by atoms with Gasteiger partial charge in [-0.25, -0.2) is 9.97 Å². The highest BCUT2D eigenvalue weighted by Gasteiger charge is 2.47. The molecule has 0 unspecified atom stereocenters. The average molecular weight is 471 g/mol. The summed E-state index contributed by atoms with van der Waals surface area (Å²) in [4.78, 5) is 13.4. The summed E-state index contributed by atoms with van der Waals surface area (Å²) < 4.78 is 7.60. The summed E-state index contributed by atoms with van der Waals surface area (Å²) in [6.07, 6.45) is 7.80. The number of nitrogens with two attached hydrogens (primary N) is 1. The molecule has 5 rings (SSSR count). The molecule has 0 saturated carbocycles. The molecule has 1 aromatic carbocycles. The van der Waals surface area contributed by atoms with Crippen LogP contribution in [0.25, 0.3) is 11.3 Å². The van der Waals surface area contributed by atoms with E-state index in [4.69, 9.17) is 22.1 Å². The fourth-order valence-corrected chi connectivity index (χ4v) is 5.77. The van der Waals surface area contributed by atoms with Gasteiger partial charge in [0.25, 0.3) is 0 Å². The fourth-order valence-electron chi connectivity index (χ4n) is 4.62. The number of aryl methyl sites for hydroxylation is 1. The highest BCUT2D eigenvalue weighted by molar-refractivity contribution is 7.99. The molecule has 9 heteroatoms. The predicted octanol–water partition coefficient (Wildman–Crippen LogP) is 4.01. The SMILES string of the molecule is C[C@@H]1OCC2(CCN(c3ncc(Sc4cccc(-c5ccn(C)n5)c4Cl)cn3)CC2)[C@@H]1N. The molecule has 4 heterocycles. The van der Waals surface area contributed by atoms with Crippen molar-refractivity contribution in [3.05, 3.63) is 47.9 Å². The number of rotatable bonds is 4. The maximum absolute atomic E-state index is 6.70. The highest BCUT2D eigenvalue weighted by Crippen LogP contribution is 2.42. The Balaban J connectivity index is 1.26. The fraction of sp³-hybridized carbons (Fsp3) is 0.435. The Hall–Kier alpha value is -2.13. The number of aromatic nitrogens is 4. The Bertz CT molecular complexity index is 1100. The molecular formula is C23H27ClN6OS. The van der Waals surface area contributed by atoms with Crippen LogP contribution in [0.1, 0.15) is 19.8 Å². The molecule has 3 aromatic rings. The second kappa shape index (κ2) is 8.67. The Morgan fingerprint density at radius 3 is 2.56 bits per heavy atom. The first kappa shape index (κ1) is 21.7. The molecule has 0 amide bonds. The Kier molecular flexibility index (Phi) is 5.88. The van der Waals surface area contributed by atoms with E-state index in [1.54, 1.807) is 16.4 Å². The molecule has 0 radical (unpaired) electrons. The van der Waals surface area contributed by atoms with Crippen LogP contribution in [-0.2, 0) is 11.8 Å². The monoisotopic (exact) mass is 470 g/mol. The number of hydrogen-bond acceptors (Lipinski definition) is 7. The highest BCUT2D eigenvalue weighted by atomic mass is 35.5. The van der Waals surface area contributed by atoms with Crippen molar-refractivity contribution in [2.24, 2.45) is 18.2 Å². The van der Waals surface area contributed by atoms with Gasteiger partial charge in [-0.3, -0.25) is 4.68 Å². The third-order valence-electron chi connectivity index (χ3n) is 6.68. The molecule has 32 heavy (non-hydrogen) atoms. The van der Waals surface area contributed by atoms with Crippen molar-refractivity contribution in [3.8, 4) is 11.3 Å². The van der Waals surface area contributed by atoms with Crippen molar-refractivity contribution in [2.75, 3.05) is 24.6 Å². The van der Waals surface area contributed by atoms with Crippen molar-refractivity contribution in [1.82, 2.24) is 19.7 Å². The summed E-state index contributed by atoms with van der Waals surface area (Å²) >= 11 is 8.26. The van der Waals surface area contributed by atoms with Gasteiger partial charge in [-0.1, -0.05) is 35.5 Å². The van der Waals surface area contributed by atoms with Crippen molar-refractivity contribution in [3.63, 3.8) is 0 Å². The lowest BCUT2D eigenvalue weighted by Crippen LogP contribution is -2.50. The maximum Gasteiger partial charge on any atom is 0.225 e. The van der Waals surface area contributed by atoms with E-state index < -0.39 is 0 Å². The van der Waals surface area contributed by atoms with Crippen molar-refractivity contribution < 1.29 is 4.74 Å². The van der Waals surface area contributed by atoms with E-state index in [1.165, 1.54) is 0 Å². The molecule has 2 aliphatic rings. The number of ether oxygens (including phenoxy) is 1. The predicted molar refractivity (Wildman–Crippen MR) is 127 cm³/mol. The van der Waals surface area contributed by atoms with Gasteiger partial charge in [-0.05, 0) is 31.9 Å². The lowest BCUT2D eigenvalue weighted by molar-refractivity contribution is 0.0973. The topological polar surface area (TPSA) is 82.1 Å². The maximum atomic E-state index is 6.70. The molecule has 168 valence electrons. The summed E-state index contributed by atoms with van der Waals surface area (Å²) in [6, 6.07) is 8.05. The summed E-state index contributed by atoms with van der Waals surface area (Å²) in [5, 5.41) is 5.15. The van der Waals surface area contributed by atoms with E-state index in [2.05, 4.69) is 26.9 Å². The van der Waals surface area contributed by atoms with E-state index in [0.717, 1.165) is 59.5 Å². The first-order valence-corrected chi connectivity index (χ1v) is 12.1.